The van der Waals surface area contributed by atoms with Crippen molar-refractivity contribution in [2.75, 3.05) is 11.7 Å². The van der Waals surface area contributed by atoms with E-state index in [9.17, 15) is 16.8 Å². The summed E-state index contributed by atoms with van der Waals surface area (Å²) in [6.45, 7) is 2.12. The van der Waals surface area contributed by atoms with Crippen molar-refractivity contribution in [1.82, 2.24) is 0 Å². The monoisotopic (exact) mass is 316 g/mol. The SMILES string of the molecule is CCCCCCCCCCOS(=O)(=O)CS(=O)(=O)O. The molecule has 0 aromatic rings. The third-order valence-corrected chi connectivity index (χ3v) is 5.43. The van der Waals surface area contributed by atoms with Gasteiger partial charge < -0.3 is 0 Å². The lowest BCUT2D eigenvalue weighted by Crippen LogP contribution is -2.18. The summed E-state index contributed by atoms with van der Waals surface area (Å²) in [5, 5.41) is -1.38. The summed E-state index contributed by atoms with van der Waals surface area (Å²) in [6, 6.07) is 0. The predicted molar refractivity (Wildman–Crippen MR) is 73.9 cm³/mol. The standard InChI is InChI=1S/C11H24O6S2/c1-2-3-4-5-6-7-8-9-10-17-19(15,16)11-18(12,13)14/h2-11H2,1H3,(H,12,13,14). The van der Waals surface area contributed by atoms with Gasteiger partial charge in [0.25, 0.3) is 20.2 Å². The molecule has 0 radical (unpaired) electrons. The molecule has 0 aliphatic heterocycles. The largest absolute Gasteiger partial charge is 0.285 e. The molecule has 0 aromatic carbocycles. The number of unbranched alkanes of at least 4 members (excludes halogenated alkanes) is 7. The molecule has 0 bridgehead atoms. The Morgan fingerprint density at radius 3 is 1.79 bits per heavy atom. The van der Waals surface area contributed by atoms with Gasteiger partial charge in [-0.05, 0) is 6.42 Å². The highest BCUT2D eigenvalue weighted by Gasteiger charge is 2.20. The van der Waals surface area contributed by atoms with Crippen molar-refractivity contribution in [3.8, 4) is 0 Å². The van der Waals surface area contributed by atoms with Crippen molar-refractivity contribution in [3.05, 3.63) is 0 Å². The fourth-order valence-corrected chi connectivity index (χ4v) is 3.74. The second-order valence-electron chi connectivity index (χ2n) is 4.55. The summed E-state index contributed by atoms with van der Waals surface area (Å²) >= 11 is 0. The molecule has 6 nitrogen and oxygen atoms in total. The maximum Gasteiger partial charge on any atom is 0.284 e. The molecule has 0 aromatic heterocycles. The van der Waals surface area contributed by atoms with E-state index in [4.69, 9.17) is 4.55 Å². The molecule has 0 spiro atoms. The molecule has 1 N–H and O–H groups in total. The van der Waals surface area contributed by atoms with E-state index in [1.54, 1.807) is 0 Å². The van der Waals surface area contributed by atoms with Crippen LogP contribution in [-0.2, 0) is 24.4 Å². The summed E-state index contributed by atoms with van der Waals surface area (Å²) in [4.78, 5) is 0. The Kier molecular flexibility index (Phi) is 9.59. The van der Waals surface area contributed by atoms with Crippen LogP contribution in [0.3, 0.4) is 0 Å². The van der Waals surface area contributed by atoms with E-state index in [2.05, 4.69) is 11.1 Å². The van der Waals surface area contributed by atoms with Gasteiger partial charge in [-0.15, -0.1) is 0 Å². The maximum atomic E-state index is 11.1. The topological polar surface area (TPSA) is 97.7 Å². The summed E-state index contributed by atoms with van der Waals surface area (Å²) in [7, 11) is -8.74. The van der Waals surface area contributed by atoms with E-state index in [-0.39, 0.29) is 6.61 Å². The van der Waals surface area contributed by atoms with Gasteiger partial charge in [0.1, 0.15) is 0 Å². The predicted octanol–water partition coefficient (Wildman–Crippen LogP) is 2.32. The van der Waals surface area contributed by atoms with E-state index < -0.39 is 25.3 Å². The molecule has 0 unspecified atom stereocenters. The van der Waals surface area contributed by atoms with Gasteiger partial charge in [-0.25, -0.2) is 0 Å². The highest BCUT2D eigenvalue weighted by molar-refractivity contribution is 8.03. The Labute approximate surface area is 116 Å². The molecule has 0 aliphatic carbocycles. The zero-order valence-corrected chi connectivity index (χ0v) is 13.0. The summed E-state index contributed by atoms with van der Waals surface area (Å²) < 4.78 is 55.9. The summed E-state index contributed by atoms with van der Waals surface area (Å²) in [5.41, 5.74) is 0. The van der Waals surface area contributed by atoms with Gasteiger partial charge in [-0.2, -0.15) is 16.8 Å². The van der Waals surface area contributed by atoms with Gasteiger partial charge in [0.15, 0.2) is 0 Å². The van der Waals surface area contributed by atoms with Gasteiger partial charge in [-0.3, -0.25) is 8.74 Å². The molecule has 0 aliphatic rings. The Morgan fingerprint density at radius 1 is 0.842 bits per heavy atom. The van der Waals surface area contributed by atoms with E-state index >= 15 is 0 Å². The second-order valence-corrected chi connectivity index (χ2v) is 8.01. The molecule has 19 heavy (non-hydrogen) atoms. The average Bonchev–Trinajstić information content (AvgIpc) is 2.23. The third kappa shape index (κ3) is 14.0. The van der Waals surface area contributed by atoms with E-state index in [1.807, 2.05) is 0 Å². The van der Waals surface area contributed by atoms with E-state index in [1.165, 1.54) is 25.7 Å². The van der Waals surface area contributed by atoms with Crippen LogP contribution in [0.25, 0.3) is 0 Å². The molecule has 0 saturated heterocycles. The van der Waals surface area contributed by atoms with Crippen molar-refractivity contribution in [2.45, 2.75) is 58.3 Å². The first-order valence-electron chi connectivity index (χ1n) is 6.59. The fourth-order valence-electron chi connectivity index (χ4n) is 1.64. The summed E-state index contributed by atoms with van der Waals surface area (Å²) in [6.07, 6.45) is 8.44. The number of rotatable bonds is 12. The van der Waals surface area contributed by atoms with Gasteiger partial charge in [0.2, 0.25) is 5.08 Å². The van der Waals surface area contributed by atoms with Crippen molar-refractivity contribution < 1.29 is 25.6 Å². The molecule has 0 fully saturated rings. The van der Waals surface area contributed by atoms with Crippen LogP contribution in [-0.4, -0.2) is 33.1 Å². The Morgan fingerprint density at radius 2 is 1.32 bits per heavy atom. The number of hydrogen-bond acceptors (Lipinski definition) is 5. The lowest BCUT2D eigenvalue weighted by molar-refractivity contribution is 0.308. The first-order valence-corrected chi connectivity index (χ1v) is 9.78. The smallest absolute Gasteiger partial charge is 0.284 e. The van der Waals surface area contributed by atoms with Crippen LogP contribution in [0.15, 0.2) is 0 Å². The van der Waals surface area contributed by atoms with Crippen LogP contribution in [0, 0.1) is 0 Å². The van der Waals surface area contributed by atoms with Crippen molar-refractivity contribution in [3.63, 3.8) is 0 Å². The van der Waals surface area contributed by atoms with Crippen molar-refractivity contribution in [1.29, 1.82) is 0 Å². The quantitative estimate of drug-likeness (QED) is 0.337. The molecule has 0 heterocycles. The molecule has 0 saturated carbocycles. The zero-order chi connectivity index (χ0) is 14.8. The van der Waals surface area contributed by atoms with E-state index in [0.717, 1.165) is 19.3 Å². The average molecular weight is 316 g/mol. The highest BCUT2D eigenvalue weighted by atomic mass is 32.3. The summed E-state index contributed by atoms with van der Waals surface area (Å²) in [5.74, 6) is 0. The lowest BCUT2D eigenvalue weighted by atomic mass is 10.1. The first-order chi connectivity index (χ1) is 8.77. The molecule has 0 rings (SSSR count). The Hall–Kier alpha value is -0.180. The third-order valence-electron chi connectivity index (χ3n) is 2.55. The molecule has 0 amide bonds. The molecule has 116 valence electrons. The fraction of sp³-hybridized carbons (Fsp3) is 1.00. The van der Waals surface area contributed by atoms with Crippen LogP contribution in [0.1, 0.15) is 58.3 Å². The highest BCUT2D eigenvalue weighted by Crippen LogP contribution is 2.09. The van der Waals surface area contributed by atoms with Crippen molar-refractivity contribution in [2.24, 2.45) is 0 Å². The maximum absolute atomic E-state index is 11.1. The Balaban J connectivity index is 3.54. The van der Waals surface area contributed by atoms with E-state index in [0.29, 0.717) is 6.42 Å². The van der Waals surface area contributed by atoms with Gasteiger partial charge >= 0.3 is 0 Å². The lowest BCUT2D eigenvalue weighted by Gasteiger charge is -2.04. The zero-order valence-electron chi connectivity index (χ0n) is 11.4. The molecular formula is C11H24O6S2. The van der Waals surface area contributed by atoms with Gasteiger partial charge in [0, 0.05) is 0 Å². The van der Waals surface area contributed by atoms with Gasteiger partial charge in [0.05, 0.1) is 6.61 Å². The van der Waals surface area contributed by atoms with Gasteiger partial charge in [-0.1, -0.05) is 51.9 Å². The van der Waals surface area contributed by atoms with Crippen LogP contribution >= 0.6 is 0 Å². The Bertz CT molecular complexity index is 412. The molecular weight excluding hydrogens is 292 g/mol. The minimum absolute atomic E-state index is 0.0349. The normalized spacial score (nSPS) is 12.7. The van der Waals surface area contributed by atoms with Crippen LogP contribution < -0.4 is 0 Å². The molecule has 8 heteroatoms. The minimum Gasteiger partial charge on any atom is -0.285 e. The first kappa shape index (κ1) is 18.8. The van der Waals surface area contributed by atoms with Crippen LogP contribution in [0.5, 0.6) is 0 Å². The van der Waals surface area contributed by atoms with Crippen LogP contribution in [0.2, 0.25) is 0 Å². The second kappa shape index (κ2) is 9.68. The number of hydrogen-bond donors (Lipinski definition) is 1. The van der Waals surface area contributed by atoms with Crippen molar-refractivity contribution >= 4 is 20.2 Å². The van der Waals surface area contributed by atoms with Crippen LogP contribution in [0.4, 0.5) is 0 Å². The molecule has 0 atom stereocenters. The minimum atomic E-state index is -4.55.